The summed E-state index contributed by atoms with van der Waals surface area (Å²) in [5, 5.41) is 3.46. The molecule has 0 aromatic heterocycles. The number of terminal acetylenes is 1. The molecule has 0 radical (unpaired) electrons. The van der Waals surface area contributed by atoms with Crippen molar-refractivity contribution in [3.8, 4) is 18.1 Å². The molecule has 1 heterocycles. The molecule has 1 aliphatic heterocycles. The number of nitrogens with one attached hydrogen (secondary N) is 1. The quantitative estimate of drug-likeness (QED) is 0.816. The van der Waals surface area contributed by atoms with E-state index in [4.69, 9.17) is 15.9 Å². The minimum Gasteiger partial charge on any atom is -0.481 e. The third-order valence-electron chi connectivity index (χ3n) is 3.10. The zero-order chi connectivity index (χ0) is 13.7. The molecule has 0 aliphatic carbocycles. The summed E-state index contributed by atoms with van der Waals surface area (Å²) in [6.45, 7) is 5.88. The molecule has 102 valence electrons. The molecule has 19 heavy (non-hydrogen) atoms. The van der Waals surface area contributed by atoms with Gasteiger partial charge in [-0.25, -0.2) is 0 Å². The molecule has 1 fully saturated rings. The molecule has 0 atom stereocenters. The Hall–Kier alpha value is -1.02. The highest BCUT2D eigenvalue weighted by Crippen LogP contribution is 2.26. The maximum Gasteiger partial charge on any atom is 0.148 e. The molecule has 2 rings (SSSR count). The van der Waals surface area contributed by atoms with E-state index in [2.05, 4.69) is 40.2 Å². The van der Waals surface area contributed by atoms with Crippen LogP contribution >= 0.6 is 15.9 Å². The molecule has 1 aromatic rings. The van der Waals surface area contributed by atoms with Crippen molar-refractivity contribution in [2.75, 3.05) is 26.4 Å². The summed E-state index contributed by atoms with van der Waals surface area (Å²) in [5.74, 6) is 3.32. The van der Waals surface area contributed by atoms with Crippen LogP contribution in [0.1, 0.15) is 12.5 Å². The molecule has 4 heteroatoms. The van der Waals surface area contributed by atoms with Crippen molar-refractivity contribution in [1.29, 1.82) is 0 Å². The first kappa shape index (κ1) is 14.4. The summed E-state index contributed by atoms with van der Waals surface area (Å²) < 4.78 is 11.8. The van der Waals surface area contributed by atoms with Crippen LogP contribution in [-0.4, -0.2) is 26.4 Å². The van der Waals surface area contributed by atoms with Crippen molar-refractivity contribution in [2.24, 2.45) is 5.41 Å². The van der Waals surface area contributed by atoms with E-state index in [1.54, 1.807) is 0 Å². The Morgan fingerprint density at radius 3 is 2.95 bits per heavy atom. The van der Waals surface area contributed by atoms with E-state index >= 15 is 0 Å². The highest BCUT2D eigenvalue weighted by atomic mass is 79.9. The molecular weight excluding hydrogens is 306 g/mol. The van der Waals surface area contributed by atoms with Gasteiger partial charge in [0.25, 0.3) is 0 Å². The molecule has 1 aromatic carbocycles. The predicted molar refractivity (Wildman–Crippen MR) is 79.1 cm³/mol. The number of hydrogen-bond donors (Lipinski definition) is 1. The summed E-state index contributed by atoms with van der Waals surface area (Å²) in [5.41, 5.74) is 1.37. The van der Waals surface area contributed by atoms with Gasteiger partial charge in [0, 0.05) is 28.5 Å². The summed E-state index contributed by atoms with van der Waals surface area (Å²) in [6, 6.07) is 5.95. The smallest absolute Gasteiger partial charge is 0.148 e. The van der Waals surface area contributed by atoms with Crippen molar-refractivity contribution in [3.63, 3.8) is 0 Å². The van der Waals surface area contributed by atoms with Crippen LogP contribution in [0.25, 0.3) is 0 Å². The molecule has 0 unspecified atom stereocenters. The van der Waals surface area contributed by atoms with E-state index in [1.165, 1.54) is 0 Å². The largest absolute Gasteiger partial charge is 0.481 e. The van der Waals surface area contributed by atoms with E-state index in [0.29, 0.717) is 6.61 Å². The highest BCUT2D eigenvalue weighted by molar-refractivity contribution is 9.10. The van der Waals surface area contributed by atoms with Crippen LogP contribution in [0, 0.1) is 17.8 Å². The summed E-state index contributed by atoms with van der Waals surface area (Å²) >= 11 is 3.48. The van der Waals surface area contributed by atoms with Crippen LogP contribution < -0.4 is 10.1 Å². The maximum absolute atomic E-state index is 5.54. The Balaban J connectivity index is 1.93. The first-order valence-electron chi connectivity index (χ1n) is 6.26. The van der Waals surface area contributed by atoms with Gasteiger partial charge in [0.2, 0.25) is 0 Å². The standard InChI is InChI=1S/C15H18BrNO2/c1-3-6-19-14-5-4-13(16)7-12(14)8-17-9-15(2)10-18-11-15/h1,4-5,7,17H,6,8-11H2,2H3. The Morgan fingerprint density at radius 1 is 1.53 bits per heavy atom. The summed E-state index contributed by atoms with van der Waals surface area (Å²) in [4.78, 5) is 0. The fraction of sp³-hybridized carbons (Fsp3) is 0.467. The van der Waals surface area contributed by atoms with Crippen molar-refractivity contribution in [2.45, 2.75) is 13.5 Å². The Labute approximate surface area is 122 Å². The molecular formula is C15H18BrNO2. The lowest BCUT2D eigenvalue weighted by molar-refractivity contribution is -0.0991. The Morgan fingerprint density at radius 2 is 2.32 bits per heavy atom. The number of ether oxygens (including phenoxy) is 2. The Bertz CT molecular complexity index is 478. The van der Waals surface area contributed by atoms with E-state index in [9.17, 15) is 0 Å². The van der Waals surface area contributed by atoms with Crippen LogP contribution in [0.5, 0.6) is 5.75 Å². The average Bonchev–Trinajstić information content (AvgIpc) is 2.36. The number of benzene rings is 1. The molecule has 1 saturated heterocycles. The molecule has 0 saturated carbocycles. The second-order valence-corrected chi connectivity index (χ2v) is 6.07. The van der Waals surface area contributed by atoms with Crippen LogP contribution in [0.3, 0.4) is 0 Å². The average molecular weight is 324 g/mol. The zero-order valence-corrected chi connectivity index (χ0v) is 12.6. The van der Waals surface area contributed by atoms with Gasteiger partial charge >= 0.3 is 0 Å². The van der Waals surface area contributed by atoms with Crippen molar-refractivity contribution >= 4 is 15.9 Å². The molecule has 1 aliphatic rings. The fourth-order valence-electron chi connectivity index (χ4n) is 2.00. The number of hydrogen-bond acceptors (Lipinski definition) is 3. The summed E-state index contributed by atoms with van der Waals surface area (Å²) in [6.07, 6.45) is 5.23. The number of rotatable bonds is 6. The van der Waals surface area contributed by atoms with Gasteiger partial charge in [-0.3, -0.25) is 0 Å². The van der Waals surface area contributed by atoms with Crippen LogP contribution in [-0.2, 0) is 11.3 Å². The van der Waals surface area contributed by atoms with Crippen molar-refractivity contribution in [3.05, 3.63) is 28.2 Å². The third kappa shape index (κ3) is 3.97. The lowest BCUT2D eigenvalue weighted by Crippen LogP contribution is -2.47. The van der Waals surface area contributed by atoms with Gasteiger partial charge in [-0.1, -0.05) is 28.8 Å². The van der Waals surface area contributed by atoms with E-state index in [-0.39, 0.29) is 5.41 Å². The highest BCUT2D eigenvalue weighted by Gasteiger charge is 2.32. The van der Waals surface area contributed by atoms with E-state index in [0.717, 1.165) is 42.1 Å². The first-order chi connectivity index (χ1) is 9.13. The molecule has 1 N–H and O–H groups in total. The molecule has 0 bridgehead atoms. The second kappa shape index (κ2) is 6.42. The minimum absolute atomic E-state index is 0.270. The van der Waals surface area contributed by atoms with Gasteiger partial charge in [0.1, 0.15) is 12.4 Å². The van der Waals surface area contributed by atoms with E-state index < -0.39 is 0 Å². The van der Waals surface area contributed by atoms with E-state index in [1.807, 2.05) is 12.1 Å². The van der Waals surface area contributed by atoms with Gasteiger partial charge in [0.15, 0.2) is 0 Å². The number of halogens is 1. The van der Waals surface area contributed by atoms with Crippen LogP contribution in [0.2, 0.25) is 0 Å². The van der Waals surface area contributed by atoms with Gasteiger partial charge in [0.05, 0.1) is 13.2 Å². The topological polar surface area (TPSA) is 30.5 Å². The molecule has 0 amide bonds. The van der Waals surface area contributed by atoms with Crippen molar-refractivity contribution in [1.82, 2.24) is 5.32 Å². The maximum atomic E-state index is 5.54. The molecule has 0 spiro atoms. The van der Waals surface area contributed by atoms with Gasteiger partial charge in [-0.05, 0) is 18.2 Å². The SMILES string of the molecule is C#CCOc1ccc(Br)cc1CNCC1(C)COC1. The van der Waals surface area contributed by atoms with Gasteiger partial charge in [-0.2, -0.15) is 0 Å². The third-order valence-corrected chi connectivity index (χ3v) is 3.60. The second-order valence-electron chi connectivity index (χ2n) is 5.15. The predicted octanol–water partition coefficient (Wildman–Crippen LogP) is 2.59. The van der Waals surface area contributed by atoms with Crippen LogP contribution in [0.4, 0.5) is 0 Å². The molecule has 3 nitrogen and oxygen atoms in total. The van der Waals surface area contributed by atoms with Crippen molar-refractivity contribution < 1.29 is 9.47 Å². The first-order valence-corrected chi connectivity index (χ1v) is 7.05. The lowest BCUT2D eigenvalue weighted by atomic mass is 9.89. The van der Waals surface area contributed by atoms with Gasteiger partial charge in [-0.15, -0.1) is 6.42 Å². The summed E-state index contributed by atoms with van der Waals surface area (Å²) in [7, 11) is 0. The fourth-order valence-corrected chi connectivity index (χ4v) is 2.41. The minimum atomic E-state index is 0.270. The monoisotopic (exact) mass is 323 g/mol. The Kier molecular flexibility index (Phi) is 4.87. The lowest BCUT2D eigenvalue weighted by Gasteiger charge is -2.38. The van der Waals surface area contributed by atoms with Crippen LogP contribution in [0.15, 0.2) is 22.7 Å². The zero-order valence-electron chi connectivity index (χ0n) is 11.0. The normalized spacial score (nSPS) is 16.5. The van der Waals surface area contributed by atoms with Gasteiger partial charge < -0.3 is 14.8 Å².